The van der Waals surface area contributed by atoms with Crippen molar-refractivity contribution in [3.8, 4) is 11.6 Å². The van der Waals surface area contributed by atoms with Crippen molar-refractivity contribution in [3.63, 3.8) is 0 Å². The number of alkyl halides is 3. The molecular formula is C14H10F4N4O2. The van der Waals surface area contributed by atoms with Gasteiger partial charge in [0.05, 0.1) is 17.9 Å². The van der Waals surface area contributed by atoms with E-state index in [0.717, 1.165) is 6.07 Å². The highest BCUT2D eigenvalue weighted by Gasteiger charge is 2.34. The summed E-state index contributed by atoms with van der Waals surface area (Å²) in [5.74, 6) is -1.31. The van der Waals surface area contributed by atoms with Crippen molar-refractivity contribution in [2.24, 2.45) is 0 Å². The first-order valence-electron chi connectivity index (χ1n) is 6.61. The minimum Gasteiger partial charge on any atom is -0.439 e. The van der Waals surface area contributed by atoms with Crippen LogP contribution in [0.3, 0.4) is 0 Å². The van der Waals surface area contributed by atoms with Crippen molar-refractivity contribution in [2.45, 2.75) is 12.8 Å². The molecule has 0 unspecified atom stereocenters. The van der Waals surface area contributed by atoms with Gasteiger partial charge < -0.3 is 9.47 Å². The van der Waals surface area contributed by atoms with Gasteiger partial charge in [-0.05, 0) is 18.2 Å². The normalized spacial score (nSPS) is 11.9. The van der Waals surface area contributed by atoms with Crippen LogP contribution in [0.2, 0.25) is 0 Å². The van der Waals surface area contributed by atoms with Gasteiger partial charge >= 0.3 is 6.18 Å². The van der Waals surface area contributed by atoms with Crippen LogP contribution in [-0.4, -0.2) is 26.7 Å². The number of fused-ring (bicyclic) bond motifs is 1. The Morgan fingerprint density at radius 1 is 1.21 bits per heavy atom. The number of halogens is 4. The summed E-state index contributed by atoms with van der Waals surface area (Å²) in [6.07, 6.45) is -3.61. The van der Waals surface area contributed by atoms with Crippen molar-refractivity contribution in [1.82, 2.24) is 19.6 Å². The molecule has 126 valence electrons. The highest BCUT2D eigenvalue weighted by Crippen LogP contribution is 2.34. The minimum absolute atomic E-state index is 0.0734. The molecule has 0 saturated heterocycles. The summed E-state index contributed by atoms with van der Waals surface area (Å²) in [5.41, 5.74) is -0.966. The number of rotatable bonds is 4. The quantitative estimate of drug-likeness (QED) is 0.681. The molecule has 3 rings (SSSR count). The van der Waals surface area contributed by atoms with E-state index in [9.17, 15) is 17.6 Å². The van der Waals surface area contributed by atoms with Crippen LogP contribution in [-0.2, 0) is 17.5 Å². The topological polar surface area (TPSA) is 61.5 Å². The Morgan fingerprint density at radius 3 is 2.71 bits per heavy atom. The Bertz CT molecular complexity index is 879. The molecule has 0 amide bonds. The lowest BCUT2D eigenvalue weighted by molar-refractivity contribution is -0.140. The zero-order valence-corrected chi connectivity index (χ0v) is 12.2. The van der Waals surface area contributed by atoms with Gasteiger partial charge in [0, 0.05) is 13.2 Å². The Hall–Kier alpha value is -2.75. The maximum Gasteiger partial charge on any atom is 0.419 e. The second-order valence-corrected chi connectivity index (χ2v) is 4.73. The van der Waals surface area contributed by atoms with Gasteiger partial charge in [-0.2, -0.15) is 27.8 Å². The first-order chi connectivity index (χ1) is 11.4. The maximum absolute atomic E-state index is 13.3. The molecule has 0 N–H and O–H groups in total. The van der Waals surface area contributed by atoms with Gasteiger partial charge in [-0.1, -0.05) is 0 Å². The van der Waals surface area contributed by atoms with E-state index < -0.39 is 17.6 Å². The lowest BCUT2D eigenvalue weighted by atomic mass is 10.2. The van der Waals surface area contributed by atoms with Crippen LogP contribution in [0.5, 0.6) is 11.6 Å². The molecule has 2 heterocycles. The van der Waals surface area contributed by atoms with E-state index in [1.165, 1.54) is 24.0 Å². The number of hydrogen-bond donors (Lipinski definition) is 0. The first kappa shape index (κ1) is 16.1. The molecule has 0 aliphatic heterocycles. The third kappa shape index (κ3) is 3.13. The van der Waals surface area contributed by atoms with Crippen molar-refractivity contribution in [2.75, 3.05) is 7.11 Å². The molecule has 3 aromatic rings. The average Bonchev–Trinajstić information content (AvgIpc) is 2.97. The second-order valence-electron chi connectivity index (χ2n) is 4.73. The molecular weight excluding hydrogens is 332 g/mol. The predicted octanol–water partition coefficient (Wildman–Crippen LogP) is 3.22. The summed E-state index contributed by atoms with van der Waals surface area (Å²) >= 11 is 0. The molecule has 6 nitrogen and oxygen atoms in total. The maximum atomic E-state index is 13.3. The van der Waals surface area contributed by atoms with Crippen molar-refractivity contribution in [1.29, 1.82) is 0 Å². The number of methoxy groups -OCH3 is 1. The molecule has 0 radical (unpaired) electrons. The fraction of sp³-hybridized carbons (Fsp3) is 0.214. The van der Waals surface area contributed by atoms with Crippen LogP contribution < -0.4 is 4.74 Å². The van der Waals surface area contributed by atoms with Crippen LogP contribution in [0.1, 0.15) is 11.3 Å². The van der Waals surface area contributed by atoms with Crippen LogP contribution >= 0.6 is 0 Å². The summed E-state index contributed by atoms with van der Waals surface area (Å²) in [6, 6.07) is 3.80. The highest BCUT2D eigenvalue weighted by molar-refractivity contribution is 5.38. The number of nitrogens with zero attached hydrogens (tertiary/aromatic N) is 4. The van der Waals surface area contributed by atoms with Gasteiger partial charge in [0.1, 0.15) is 17.9 Å². The predicted molar refractivity (Wildman–Crippen MR) is 73.0 cm³/mol. The summed E-state index contributed by atoms with van der Waals surface area (Å²) < 4.78 is 63.3. The van der Waals surface area contributed by atoms with Gasteiger partial charge in [0.2, 0.25) is 5.88 Å². The van der Waals surface area contributed by atoms with E-state index in [0.29, 0.717) is 17.8 Å². The van der Waals surface area contributed by atoms with Crippen LogP contribution in [0, 0.1) is 5.82 Å². The molecule has 0 atom stereocenters. The Labute approximate surface area is 132 Å². The minimum atomic E-state index is -4.83. The third-order valence-corrected chi connectivity index (χ3v) is 3.03. The van der Waals surface area contributed by atoms with Gasteiger partial charge in [0.25, 0.3) is 5.78 Å². The van der Waals surface area contributed by atoms with E-state index in [2.05, 4.69) is 15.1 Å². The molecule has 0 saturated carbocycles. The molecule has 0 aliphatic carbocycles. The van der Waals surface area contributed by atoms with E-state index >= 15 is 0 Å². The van der Waals surface area contributed by atoms with Crippen molar-refractivity contribution >= 4 is 5.78 Å². The highest BCUT2D eigenvalue weighted by atomic mass is 19.4. The van der Waals surface area contributed by atoms with E-state index in [4.69, 9.17) is 9.47 Å². The molecule has 1 aromatic carbocycles. The lowest BCUT2D eigenvalue weighted by Gasteiger charge is -2.12. The molecule has 0 bridgehead atoms. The average molecular weight is 342 g/mol. The fourth-order valence-corrected chi connectivity index (χ4v) is 2.03. The Kier molecular flexibility index (Phi) is 4.06. The molecule has 10 heteroatoms. The van der Waals surface area contributed by atoms with Crippen LogP contribution in [0.25, 0.3) is 5.78 Å². The summed E-state index contributed by atoms with van der Waals surface area (Å²) in [7, 11) is 1.46. The lowest BCUT2D eigenvalue weighted by Crippen LogP contribution is -2.08. The summed E-state index contributed by atoms with van der Waals surface area (Å²) in [5, 5.41) is 3.89. The zero-order valence-electron chi connectivity index (χ0n) is 12.2. The van der Waals surface area contributed by atoms with Gasteiger partial charge in [-0.15, -0.1) is 0 Å². The third-order valence-electron chi connectivity index (χ3n) is 3.03. The number of ether oxygens (including phenoxy) is 2. The second kappa shape index (κ2) is 6.04. The largest absolute Gasteiger partial charge is 0.439 e. The SMILES string of the molecule is COCc1cc(Oc2ccc(F)c(C(F)(F)F)c2)n2ncnc2n1. The summed E-state index contributed by atoms with van der Waals surface area (Å²) in [4.78, 5) is 8.04. The standard InChI is InChI=1S/C14H10F4N4O2/c1-23-6-8-4-12(22-13(21-8)19-7-20-22)24-9-2-3-11(15)10(5-9)14(16,17)18/h2-5,7H,6H2,1H3. The monoisotopic (exact) mass is 342 g/mol. The van der Waals surface area contributed by atoms with E-state index in [-0.39, 0.29) is 24.0 Å². The van der Waals surface area contributed by atoms with E-state index in [1.54, 1.807) is 0 Å². The van der Waals surface area contributed by atoms with Gasteiger partial charge in [0.15, 0.2) is 0 Å². The number of aromatic nitrogens is 4. The molecule has 0 fully saturated rings. The van der Waals surface area contributed by atoms with E-state index in [1.807, 2.05) is 0 Å². The van der Waals surface area contributed by atoms with Crippen LogP contribution in [0.4, 0.5) is 17.6 Å². The Morgan fingerprint density at radius 2 is 2.00 bits per heavy atom. The first-order valence-corrected chi connectivity index (χ1v) is 6.61. The number of benzene rings is 1. The number of hydrogen-bond acceptors (Lipinski definition) is 5. The summed E-state index contributed by atoms with van der Waals surface area (Å²) in [6.45, 7) is 0.150. The molecule has 0 aliphatic rings. The van der Waals surface area contributed by atoms with Crippen molar-refractivity contribution in [3.05, 3.63) is 47.7 Å². The molecule has 0 spiro atoms. The fourth-order valence-electron chi connectivity index (χ4n) is 2.03. The molecule has 24 heavy (non-hydrogen) atoms. The zero-order chi connectivity index (χ0) is 17.3. The van der Waals surface area contributed by atoms with Gasteiger partial charge in [-0.25, -0.2) is 9.37 Å². The van der Waals surface area contributed by atoms with Gasteiger partial charge in [-0.3, -0.25) is 0 Å². The Balaban J connectivity index is 2.02. The smallest absolute Gasteiger partial charge is 0.419 e. The van der Waals surface area contributed by atoms with Crippen molar-refractivity contribution < 1.29 is 27.0 Å². The van der Waals surface area contributed by atoms with Crippen LogP contribution in [0.15, 0.2) is 30.6 Å². The molecule has 2 aromatic heterocycles.